The number of rotatable bonds is 2. The van der Waals surface area contributed by atoms with E-state index in [2.05, 4.69) is 17.1 Å². The number of aryl methyl sites for hydroxylation is 2. The molecule has 2 aromatic rings. The Morgan fingerprint density at radius 1 is 1.18 bits per heavy atom. The minimum absolute atomic E-state index is 0.585. The molecule has 0 saturated carbocycles. The van der Waals surface area contributed by atoms with E-state index in [1.165, 1.54) is 0 Å². The molecule has 2 N–H and O–H groups in total. The molecule has 1 heterocycles. The van der Waals surface area contributed by atoms with Crippen molar-refractivity contribution >= 4 is 0 Å². The maximum absolute atomic E-state index is 5.55. The van der Waals surface area contributed by atoms with Crippen LogP contribution in [0.4, 0.5) is 0 Å². The van der Waals surface area contributed by atoms with Gasteiger partial charge in [-0.3, -0.25) is 0 Å². The average molecular weight is 231 g/mol. The first-order chi connectivity index (χ1) is 8.20. The van der Waals surface area contributed by atoms with Crippen LogP contribution in [0.2, 0.25) is 0 Å². The third-order valence-electron chi connectivity index (χ3n) is 2.59. The minimum atomic E-state index is 0.585. The van der Waals surface area contributed by atoms with Crippen molar-refractivity contribution < 1.29 is 0 Å². The summed E-state index contributed by atoms with van der Waals surface area (Å²) < 4.78 is 2.02. The van der Waals surface area contributed by atoms with Crippen molar-refractivity contribution in [2.75, 3.05) is 0 Å². The van der Waals surface area contributed by atoms with Gasteiger partial charge in [0, 0.05) is 25.4 Å². The van der Waals surface area contributed by atoms with Crippen molar-refractivity contribution in [3.05, 3.63) is 41.9 Å². The van der Waals surface area contributed by atoms with Crippen LogP contribution in [0, 0.1) is 6.92 Å². The number of imidazole rings is 1. The zero-order valence-corrected chi connectivity index (χ0v) is 11.1. The van der Waals surface area contributed by atoms with Crippen molar-refractivity contribution in [1.29, 1.82) is 0 Å². The topological polar surface area (TPSA) is 43.8 Å². The first kappa shape index (κ1) is 13.5. The highest BCUT2D eigenvalue weighted by Crippen LogP contribution is 2.18. The monoisotopic (exact) mass is 231 g/mol. The Morgan fingerprint density at radius 2 is 1.76 bits per heavy atom. The molecule has 1 aromatic carbocycles. The van der Waals surface area contributed by atoms with Crippen LogP contribution in [0.1, 0.15) is 25.2 Å². The normalized spacial score (nSPS) is 9.71. The number of hydrogen-bond acceptors (Lipinski definition) is 2. The summed E-state index contributed by atoms with van der Waals surface area (Å²) in [6.07, 6.45) is 2.03. The average Bonchev–Trinajstić information content (AvgIpc) is 2.72. The lowest BCUT2D eigenvalue weighted by molar-refractivity contribution is 0.858. The molecule has 0 aliphatic heterocycles. The second kappa shape index (κ2) is 6.21. The minimum Gasteiger partial charge on any atom is -0.338 e. The molecule has 0 radical (unpaired) electrons. The van der Waals surface area contributed by atoms with Crippen molar-refractivity contribution in [3.63, 3.8) is 0 Å². The molecule has 0 fully saturated rings. The first-order valence-electron chi connectivity index (χ1n) is 6.00. The largest absolute Gasteiger partial charge is 0.338 e. The predicted octanol–water partition coefficient (Wildman–Crippen LogP) is 2.88. The van der Waals surface area contributed by atoms with Gasteiger partial charge >= 0.3 is 0 Å². The lowest BCUT2D eigenvalue weighted by Crippen LogP contribution is -1.95. The van der Waals surface area contributed by atoms with Crippen LogP contribution in [0.3, 0.4) is 0 Å². The van der Waals surface area contributed by atoms with E-state index in [0.29, 0.717) is 6.54 Å². The second-order valence-corrected chi connectivity index (χ2v) is 3.69. The molecule has 0 atom stereocenters. The van der Waals surface area contributed by atoms with Crippen LogP contribution in [0.5, 0.6) is 0 Å². The van der Waals surface area contributed by atoms with E-state index in [-0.39, 0.29) is 0 Å². The van der Waals surface area contributed by atoms with E-state index in [0.717, 1.165) is 22.6 Å². The van der Waals surface area contributed by atoms with Gasteiger partial charge in [0.05, 0.1) is 5.69 Å². The first-order valence-corrected chi connectivity index (χ1v) is 6.00. The summed E-state index contributed by atoms with van der Waals surface area (Å²) >= 11 is 0. The zero-order chi connectivity index (χ0) is 12.8. The molecule has 0 amide bonds. The molecule has 0 aliphatic rings. The van der Waals surface area contributed by atoms with Crippen LogP contribution in [-0.2, 0) is 13.6 Å². The lowest BCUT2D eigenvalue weighted by atomic mass is 10.1. The third kappa shape index (κ3) is 3.17. The molecule has 0 bridgehead atoms. The number of nitrogens with zero attached hydrogens (tertiary/aromatic N) is 2. The summed E-state index contributed by atoms with van der Waals surface area (Å²) in [5.41, 5.74) is 8.84. The molecule has 17 heavy (non-hydrogen) atoms. The number of nitrogens with two attached hydrogens (primary N) is 1. The second-order valence-electron chi connectivity index (χ2n) is 3.69. The van der Waals surface area contributed by atoms with Gasteiger partial charge < -0.3 is 10.3 Å². The van der Waals surface area contributed by atoms with Gasteiger partial charge in [-0.05, 0) is 12.5 Å². The molecular formula is C14H21N3. The number of hydrogen-bond donors (Lipinski definition) is 1. The summed E-state index contributed by atoms with van der Waals surface area (Å²) in [5, 5.41) is 0. The van der Waals surface area contributed by atoms with Gasteiger partial charge in [-0.1, -0.05) is 38.1 Å². The third-order valence-corrected chi connectivity index (χ3v) is 2.59. The Balaban J connectivity index is 0.000000686. The molecule has 92 valence electrons. The van der Waals surface area contributed by atoms with Crippen LogP contribution < -0.4 is 5.73 Å². The van der Waals surface area contributed by atoms with E-state index in [1.807, 2.05) is 50.7 Å². The smallest absolute Gasteiger partial charge is 0.105 e. The SMILES string of the molecule is CC.Cc1nc(-c2ccc(CN)cc2)cn1C. The summed E-state index contributed by atoms with van der Waals surface area (Å²) in [7, 11) is 2.00. The molecule has 0 unspecified atom stereocenters. The fraction of sp³-hybridized carbons (Fsp3) is 0.357. The van der Waals surface area contributed by atoms with Gasteiger partial charge in [-0.15, -0.1) is 0 Å². The fourth-order valence-electron chi connectivity index (χ4n) is 1.51. The van der Waals surface area contributed by atoms with E-state index in [9.17, 15) is 0 Å². The standard InChI is InChI=1S/C12H15N3.C2H6/c1-9-14-12(8-15(9)2)11-5-3-10(7-13)4-6-11;1-2/h3-6,8H,7,13H2,1-2H3;1-2H3. The molecular weight excluding hydrogens is 210 g/mol. The van der Waals surface area contributed by atoms with Crippen molar-refractivity contribution in [2.24, 2.45) is 12.8 Å². The summed E-state index contributed by atoms with van der Waals surface area (Å²) in [6, 6.07) is 8.20. The van der Waals surface area contributed by atoms with Crippen molar-refractivity contribution in [3.8, 4) is 11.3 Å². The van der Waals surface area contributed by atoms with Crippen molar-refractivity contribution in [2.45, 2.75) is 27.3 Å². The van der Waals surface area contributed by atoms with Crippen LogP contribution >= 0.6 is 0 Å². The molecule has 0 saturated heterocycles. The highest BCUT2D eigenvalue weighted by atomic mass is 15.0. The van der Waals surface area contributed by atoms with Gasteiger partial charge in [-0.25, -0.2) is 4.98 Å². The quantitative estimate of drug-likeness (QED) is 0.863. The maximum atomic E-state index is 5.55. The Hall–Kier alpha value is -1.61. The van der Waals surface area contributed by atoms with Crippen LogP contribution in [0.25, 0.3) is 11.3 Å². The maximum Gasteiger partial charge on any atom is 0.105 e. The number of aromatic nitrogens is 2. The molecule has 0 aliphatic carbocycles. The zero-order valence-electron chi connectivity index (χ0n) is 11.1. The van der Waals surface area contributed by atoms with E-state index in [4.69, 9.17) is 5.73 Å². The molecule has 3 heteroatoms. The van der Waals surface area contributed by atoms with Gasteiger partial charge in [0.2, 0.25) is 0 Å². The van der Waals surface area contributed by atoms with E-state index < -0.39 is 0 Å². The Kier molecular flexibility index (Phi) is 4.91. The van der Waals surface area contributed by atoms with Crippen molar-refractivity contribution in [1.82, 2.24) is 9.55 Å². The van der Waals surface area contributed by atoms with Crippen LogP contribution in [0.15, 0.2) is 30.5 Å². The Bertz CT molecular complexity index is 435. The van der Waals surface area contributed by atoms with E-state index in [1.54, 1.807) is 0 Å². The van der Waals surface area contributed by atoms with Gasteiger partial charge in [0.25, 0.3) is 0 Å². The number of benzene rings is 1. The van der Waals surface area contributed by atoms with E-state index >= 15 is 0 Å². The Labute approximate surface area is 103 Å². The van der Waals surface area contributed by atoms with Gasteiger partial charge in [0.15, 0.2) is 0 Å². The highest BCUT2D eigenvalue weighted by molar-refractivity contribution is 5.58. The predicted molar refractivity (Wildman–Crippen MR) is 72.6 cm³/mol. The Morgan fingerprint density at radius 3 is 2.18 bits per heavy atom. The molecule has 1 aromatic heterocycles. The van der Waals surface area contributed by atoms with Gasteiger partial charge in [-0.2, -0.15) is 0 Å². The molecule has 2 rings (SSSR count). The van der Waals surface area contributed by atoms with Crippen LogP contribution in [-0.4, -0.2) is 9.55 Å². The molecule has 3 nitrogen and oxygen atoms in total. The lowest BCUT2D eigenvalue weighted by Gasteiger charge is -1.98. The molecule has 0 spiro atoms. The highest BCUT2D eigenvalue weighted by Gasteiger charge is 2.03. The van der Waals surface area contributed by atoms with Gasteiger partial charge in [0.1, 0.15) is 5.82 Å². The fourth-order valence-corrected chi connectivity index (χ4v) is 1.51. The summed E-state index contributed by atoms with van der Waals surface area (Å²) in [6.45, 7) is 6.58. The summed E-state index contributed by atoms with van der Waals surface area (Å²) in [5.74, 6) is 1.02. The summed E-state index contributed by atoms with van der Waals surface area (Å²) in [4.78, 5) is 4.47.